The molecule has 0 aliphatic carbocycles. The molecule has 3 heterocycles. The SMILES string of the molecule is C[C@@H]1c2cccnc2CCN1C(=O)c1nc2c(S(C)(=O)=O)cccc2[nH]1. The Morgan fingerprint density at radius 3 is 2.85 bits per heavy atom. The highest BCUT2D eigenvalue weighted by atomic mass is 32.2. The minimum atomic E-state index is -3.43. The molecule has 0 fully saturated rings. The molecule has 1 atom stereocenters. The Hall–Kier alpha value is -2.74. The van der Waals surface area contributed by atoms with Crippen LogP contribution in [-0.2, 0) is 16.3 Å². The van der Waals surface area contributed by atoms with Gasteiger partial charge in [0.05, 0.1) is 16.5 Å². The van der Waals surface area contributed by atoms with Crippen molar-refractivity contribution < 1.29 is 13.2 Å². The van der Waals surface area contributed by atoms with Gasteiger partial charge in [0.15, 0.2) is 15.7 Å². The number of rotatable bonds is 2. The van der Waals surface area contributed by atoms with E-state index in [1.54, 1.807) is 23.2 Å². The molecule has 1 N–H and O–H groups in total. The topological polar surface area (TPSA) is 96.0 Å². The van der Waals surface area contributed by atoms with Crippen molar-refractivity contribution >= 4 is 26.8 Å². The molecular weight excluding hydrogens is 352 g/mol. The predicted molar refractivity (Wildman–Crippen MR) is 96.6 cm³/mol. The number of amides is 1. The number of carbonyl (C=O) groups is 1. The van der Waals surface area contributed by atoms with Gasteiger partial charge in [0.1, 0.15) is 5.52 Å². The highest BCUT2D eigenvalue weighted by molar-refractivity contribution is 7.91. The van der Waals surface area contributed by atoms with Gasteiger partial charge in [0.2, 0.25) is 0 Å². The summed E-state index contributed by atoms with van der Waals surface area (Å²) in [6.45, 7) is 2.50. The van der Waals surface area contributed by atoms with Crippen LogP contribution in [0.4, 0.5) is 0 Å². The van der Waals surface area contributed by atoms with E-state index in [-0.39, 0.29) is 22.7 Å². The quantitative estimate of drug-likeness (QED) is 0.745. The van der Waals surface area contributed by atoms with Crippen molar-refractivity contribution in [3.63, 3.8) is 0 Å². The van der Waals surface area contributed by atoms with Gasteiger partial charge in [-0.1, -0.05) is 12.1 Å². The zero-order chi connectivity index (χ0) is 18.5. The number of carbonyl (C=O) groups excluding carboxylic acids is 1. The molecule has 26 heavy (non-hydrogen) atoms. The lowest BCUT2D eigenvalue weighted by molar-refractivity contribution is 0.0665. The molecule has 0 saturated heterocycles. The van der Waals surface area contributed by atoms with Gasteiger partial charge in [-0.05, 0) is 30.7 Å². The first-order chi connectivity index (χ1) is 12.4. The molecule has 1 aliphatic heterocycles. The lowest BCUT2D eigenvalue weighted by Gasteiger charge is -2.34. The molecule has 1 amide bonds. The number of fused-ring (bicyclic) bond motifs is 2. The minimum Gasteiger partial charge on any atom is -0.334 e. The summed E-state index contributed by atoms with van der Waals surface area (Å²) in [6, 6.07) is 8.57. The fourth-order valence-corrected chi connectivity index (χ4v) is 4.28. The van der Waals surface area contributed by atoms with E-state index >= 15 is 0 Å². The van der Waals surface area contributed by atoms with Gasteiger partial charge >= 0.3 is 0 Å². The molecule has 1 aromatic carbocycles. The van der Waals surface area contributed by atoms with Crippen LogP contribution in [0.2, 0.25) is 0 Å². The smallest absolute Gasteiger partial charge is 0.290 e. The van der Waals surface area contributed by atoms with Gasteiger partial charge in [0, 0.05) is 31.1 Å². The molecule has 4 rings (SSSR count). The Morgan fingerprint density at radius 2 is 2.08 bits per heavy atom. The maximum atomic E-state index is 13.0. The summed E-state index contributed by atoms with van der Waals surface area (Å²) in [6.07, 6.45) is 3.57. The van der Waals surface area contributed by atoms with Gasteiger partial charge in [-0.3, -0.25) is 9.78 Å². The Bertz CT molecular complexity index is 1120. The van der Waals surface area contributed by atoms with Crippen LogP contribution < -0.4 is 0 Å². The summed E-state index contributed by atoms with van der Waals surface area (Å²) in [4.78, 5) is 26.5. The van der Waals surface area contributed by atoms with E-state index in [1.165, 1.54) is 6.07 Å². The van der Waals surface area contributed by atoms with Gasteiger partial charge < -0.3 is 9.88 Å². The second-order valence-electron chi connectivity index (χ2n) is 6.47. The van der Waals surface area contributed by atoms with E-state index in [4.69, 9.17) is 0 Å². The second kappa shape index (κ2) is 5.91. The van der Waals surface area contributed by atoms with Crippen LogP contribution in [0.15, 0.2) is 41.4 Å². The highest BCUT2D eigenvalue weighted by Gasteiger charge is 2.30. The normalized spacial score (nSPS) is 17.3. The third-order valence-electron chi connectivity index (χ3n) is 4.77. The largest absolute Gasteiger partial charge is 0.334 e. The van der Waals surface area contributed by atoms with Crippen LogP contribution in [0.5, 0.6) is 0 Å². The molecule has 0 bridgehead atoms. The van der Waals surface area contributed by atoms with Crippen molar-refractivity contribution in [3.8, 4) is 0 Å². The molecule has 0 saturated carbocycles. The number of H-pyrrole nitrogens is 1. The van der Waals surface area contributed by atoms with Crippen molar-refractivity contribution in [2.75, 3.05) is 12.8 Å². The minimum absolute atomic E-state index is 0.117. The number of aromatic amines is 1. The average Bonchev–Trinajstić information content (AvgIpc) is 3.05. The number of hydrogen-bond donors (Lipinski definition) is 1. The first-order valence-electron chi connectivity index (χ1n) is 8.30. The van der Waals surface area contributed by atoms with Crippen LogP contribution in [-0.4, -0.2) is 47.0 Å². The zero-order valence-electron chi connectivity index (χ0n) is 14.4. The van der Waals surface area contributed by atoms with Crippen molar-refractivity contribution in [1.82, 2.24) is 19.9 Å². The maximum absolute atomic E-state index is 13.0. The van der Waals surface area contributed by atoms with Crippen molar-refractivity contribution in [2.45, 2.75) is 24.3 Å². The van der Waals surface area contributed by atoms with E-state index in [2.05, 4.69) is 15.0 Å². The van der Waals surface area contributed by atoms with E-state index in [9.17, 15) is 13.2 Å². The molecule has 1 aliphatic rings. The molecule has 7 nitrogen and oxygen atoms in total. The van der Waals surface area contributed by atoms with Crippen LogP contribution in [0, 0.1) is 0 Å². The molecule has 8 heteroatoms. The Morgan fingerprint density at radius 1 is 1.27 bits per heavy atom. The van der Waals surface area contributed by atoms with Crippen molar-refractivity contribution in [1.29, 1.82) is 0 Å². The Labute approximate surface area is 151 Å². The number of nitrogens with one attached hydrogen (secondary N) is 1. The number of hydrogen-bond acceptors (Lipinski definition) is 5. The molecule has 0 spiro atoms. The fraction of sp³-hybridized carbons (Fsp3) is 0.278. The molecule has 3 aromatic rings. The Kier molecular flexibility index (Phi) is 3.80. The van der Waals surface area contributed by atoms with Crippen LogP contribution in [0.3, 0.4) is 0 Å². The zero-order valence-corrected chi connectivity index (χ0v) is 15.2. The predicted octanol–water partition coefficient (Wildman–Crippen LogP) is 2.12. The maximum Gasteiger partial charge on any atom is 0.290 e. The van der Waals surface area contributed by atoms with E-state index < -0.39 is 9.84 Å². The number of pyridine rings is 1. The van der Waals surface area contributed by atoms with Crippen molar-refractivity contribution in [2.24, 2.45) is 0 Å². The summed E-state index contributed by atoms with van der Waals surface area (Å²) >= 11 is 0. The van der Waals surface area contributed by atoms with Crippen LogP contribution >= 0.6 is 0 Å². The van der Waals surface area contributed by atoms with Gasteiger partial charge in [0.25, 0.3) is 5.91 Å². The third-order valence-corrected chi connectivity index (χ3v) is 5.90. The molecule has 0 radical (unpaired) electrons. The number of para-hydroxylation sites is 1. The van der Waals surface area contributed by atoms with E-state index in [0.29, 0.717) is 24.0 Å². The number of imidazole rings is 1. The van der Waals surface area contributed by atoms with Gasteiger partial charge in [-0.15, -0.1) is 0 Å². The molecule has 2 aromatic heterocycles. The number of nitrogens with zero attached hydrogens (tertiary/aromatic N) is 3. The van der Waals surface area contributed by atoms with Crippen LogP contribution in [0.25, 0.3) is 11.0 Å². The van der Waals surface area contributed by atoms with E-state index in [0.717, 1.165) is 17.5 Å². The first kappa shape index (κ1) is 16.7. The highest BCUT2D eigenvalue weighted by Crippen LogP contribution is 2.29. The average molecular weight is 370 g/mol. The Balaban J connectivity index is 1.74. The third kappa shape index (κ3) is 2.66. The first-order valence-corrected chi connectivity index (χ1v) is 10.2. The molecular formula is C18H18N4O3S. The standard InChI is InChI=1S/C18H18N4O3S/c1-11-12-5-4-9-19-13(12)8-10-22(11)18(23)17-20-14-6-3-7-15(16(14)21-17)26(2,24)25/h3-7,9,11H,8,10H2,1-2H3,(H,20,21)/t11-/m1/s1. The molecule has 134 valence electrons. The summed E-state index contributed by atoms with van der Waals surface area (Å²) in [7, 11) is -3.43. The lowest BCUT2D eigenvalue weighted by Crippen LogP contribution is -2.39. The van der Waals surface area contributed by atoms with Crippen LogP contribution in [0.1, 0.15) is 34.8 Å². The summed E-state index contributed by atoms with van der Waals surface area (Å²) in [5, 5.41) is 0. The van der Waals surface area contributed by atoms with Gasteiger partial charge in [-0.25, -0.2) is 13.4 Å². The van der Waals surface area contributed by atoms with E-state index in [1.807, 2.05) is 19.1 Å². The lowest BCUT2D eigenvalue weighted by atomic mass is 9.98. The number of benzene rings is 1. The summed E-state index contributed by atoms with van der Waals surface area (Å²) in [5.41, 5.74) is 2.86. The monoisotopic (exact) mass is 370 g/mol. The van der Waals surface area contributed by atoms with Gasteiger partial charge in [-0.2, -0.15) is 0 Å². The number of aromatic nitrogens is 3. The van der Waals surface area contributed by atoms with Crippen molar-refractivity contribution in [3.05, 3.63) is 53.6 Å². The number of sulfone groups is 1. The second-order valence-corrected chi connectivity index (χ2v) is 8.46. The summed E-state index contributed by atoms with van der Waals surface area (Å²) in [5.74, 6) is -0.0991. The summed E-state index contributed by atoms with van der Waals surface area (Å²) < 4.78 is 23.9. The molecule has 0 unspecified atom stereocenters. The fourth-order valence-electron chi connectivity index (χ4n) is 3.45.